The van der Waals surface area contributed by atoms with E-state index in [1.807, 2.05) is 43.3 Å². The van der Waals surface area contributed by atoms with Crippen LogP contribution in [0.15, 0.2) is 82.1 Å². The minimum absolute atomic E-state index is 0.0934. The van der Waals surface area contributed by atoms with Crippen LogP contribution in [0, 0.1) is 6.92 Å². The number of benzene rings is 3. The quantitative estimate of drug-likeness (QED) is 0.356. The number of hydrogen-bond acceptors (Lipinski definition) is 4. The van der Waals surface area contributed by atoms with Crippen molar-refractivity contribution in [3.63, 3.8) is 0 Å². The summed E-state index contributed by atoms with van der Waals surface area (Å²) in [6.45, 7) is 3.47. The van der Waals surface area contributed by atoms with Crippen LogP contribution in [0.3, 0.4) is 0 Å². The van der Waals surface area contributed by atoms with Gasteiger partial charge in [0.2, 0.25) is 0 Å². The number of anilines is 1. The van der Waals surface area contributed by atoms with E-state index in [1.165, 1.54) is 18.5 Å². The molecule has 1 unspecified atom stereocenters. The smallest absolute Gasteiger partial charge is 0.356 e. The van der Waals surface area contributed by atoms with Gasteiger partial charge in [0, 0.05) is 28.2 Å². The molecule has 1 heterocycles. The number of nitrogens with one attached hydrogen (secondary N) is 1. The van der Waals surface area contributed by atoms with E-state index in [9.17, 15) is 14.4 Å². The Morgan fingerprint density at radius 3 is 2.21 bits per heavy atom. The number of amides is 1. The number of pyridine rings is 1. The molecule has 0 aliphatic rings. The Morgan fingerprint density at radius 1 is 0.941 bits per heavy atom. The third-order valence-electron chi connectivity index (χ3n) is 5.60. The highest BCUT2D eigenvalue weighted by Crippen LogP contribution is 2.31. The molecule has 1 atom stereocenters. The zero-order valence-electron chi connectivity index (χ0n) is 19.0. The number of hydrogen-bond donors (Lipinski definition) is 1. The number of carbonyl (C=O) groups is 2. The summed E-state index contributed by atoms with van der Waals surface area (Å²) in [5.41, 5.74) is 2.79. The molecule has 3 aromatic carbocycles. The van der Waals surface area contributed by atoms with Crippen LogP contribution in [0.1, 0.15) is 23.0 Å². The van der Waals surface area contributed by atoms with E-state index in [0.29, 0.717) is 22.0 Å². The number of nitrogens with zero attached hydrogens (tertiary/aromatic N) is 1. The lowest BCUT2D eigenvalue weighted by Gasteiger charge is -2.19. The molecule has 0 bridgehead atoms. The number of esters is 1. The lowest BCUT2D eigenvalue weighted by molar-refractivity contribution is -0.123. The van der Waals surface area contributed by atoms with Gasteiger partial charge in [0.1, 0.15) is 5.69 Å². The molecule has 1 aromatic heterocycles. The fourth-order valence-electron chi connectivity index (χ4n) is 3.76. The largest absolute Gasteiger partial charge is 0.448 e. The maximum Gasteiger partial charge on any atom is 0.356 e. The number of fused-ring (bicyclic) bond motifs is 1. The average molecular weight is 519 g/mol. The van der Waals surface area contributed by atoms with Crippen molar-refractivity contribution >= 4 is 44.3 Å². The van der Waals surface area contributed by atoms with Gasteiger partial charge in [-0.25, -0.2) is 4.79 Å². The first-order valence-electron chi connectivity index (χ1n) is 10.7. The Balaban J connectivity index is 1.73. The third-order valence-corrected chi connectivity index (χ3v) is 6.13. The predicted molar refractivity (Wildman–Crippen MR) is 137 cm³/mol. The first kappa shape index (κ1) is 23.4. The van der Waals surface area contributed by atoms with Gasteiger partial charge >= 0.3 is 5.97 Å². The molecule has 1 N–H and O–H groups in total. The third kappa shape index (κ3) is 4.65. The van der Waals surface area contributed by atoms with E-state index in [4.69, 9.17) is 4.74 Å². The lowest BCUT2D eigenvalue weighted by atomic mass is 9.96. The van der Waals surface area contributed by atoms with Gasteiger partial charge in [-0.2, -0.15) is 0 Å². The number of aromatic nitrogens is 1. The Labute approximate surface area is 205 Å². The van der Waals surface area contributed by atoms with Crippen molar-refractivity contribution in [2.45, 2.75) is 20.0 Å². The molecule has 4 rings (SSSR count). The maximum absolute atomic E-state index is 13.4. The fraction of sp³-hybridized carbons (Fsp3) is 0.148. The van der Waals surface area contributed by atoms with Gasteiger partial charge in [-0.05, 0) is 55.1 Å². The summed E-state index contributed by atoms with van der Waals surface area (Å²) in [4.78, 5) is 39.1. The second-order valence-corrected chi connectivity index (χ2v) is 8.96. The molecule has 0 saturated carbocycles. The second kappa shape index (κ2) is 9.65. The molecular weight excluding hydrogens is 496 g/mol. The Kier molecular flexibility index (Phi) is 6.65. The van der Waals surface area contributed by atoms with E-state index in [-0.39, 0.29) is 11.3 Å². The van der Waals surface area contributed by atoms with E-state index < -0.39 is 18.0 Å². The summed E-state index contributed by atoms with van der Waals surface area (Å²) in [5.74, 6) is -1.22. The van der Waals surface area contributed by atoms with Crippen molar-refractivity contribution in [3.8, 4) is 11.1 Å². The zero-order valence-corrected chi connectivity index (χ0v) is 20.5. The van der Waals surface area contributed by atoms with Crippen LogP contribution < -0.4 is 10.9 Å². The molecule has 0 aliphatic carbocycles. The van der Waals surface area contributed by atoms with Crippen LogP contribution in [-0.4, -0.2) is 22.5 Å². The molecule has 4 aromatic rings. The minimum atomic E-state index is -1.08. The highest BCUT2D eigenvalue weighted by molar-refractivity contribution is 9.10. The highest BCUT2D eigenvalue weighted by atomic mass is 79.9. The summed E-state index contributed by atoms with van der Waals surface area (Å²) in [6, 6.07) is 21.9. The van der Waals surface area contributed by atoms with E-state index in [0.717, 1.165) is 15.6 Å². The summed E-state index contributed by atoms with van der Waals surface area (Å²) in [5, 5.41) is 3.87. The van der Waals surface area contributed by atoms with E-state index in [2.05, 4.69) is 21.2 Å². The van der Waals surface area contributed by atoms with E-state index >= 15 is 0 Å². The van der Waals surface area contributed by atoms with Gasteiger partial charge in [-0.15, -0.1) is 0 Å². The molecule has 34 heavy (non-hydrogen) atoms. The molecule has 0 radical (unpaired) electrons. The molecule has 0 saturated heterocycles. The molecule has 7 heteroatoms. The van der Waals surface area contributed by atoms with Gasteiger partial charge in [0.25, 0.3) is 11.5 Å². The standard InChI is InChI=1S/C27H23BrN2O4/c1-16-8-10-18(11-9-16)23-21-6-4-5-7-22(21)26(32)30(3)24(23)27(33)34-17(2)25(31)29-20-14-12-19(28)13-15-20/h4-15,17H,1-3H3,(H,29,31). The number of carbonyl (C=O) groups excluding carboxylic acids is 2. The second-order valence-electron chi connectivity index (χ2n) is 8.04. The SMILES string of the molecule is Cc1ccc(-c2c(C(=O)OC(C)C(=O)Nc3ccc(Br)cc3)n(C)c(=O)c3ccccc23)cc1. The molecule has 1 amide bonds. The normalized spacial score (nSPS) is 11.8. The van der Waals surface area contributed by atoms with Crippen molar-refractivity contribution < 1.29 is 14.3 Å². The number of aryl methyl sites for hydroxylation is 1. The first-order chi connectivity index (χ1) is 16.3. The van der Waals surface area contributed by atoms with Crippen molar-refractivity contribution in [2.75, 3.05) is 5.32 Å². The molecule has 0 fully saturated rings. The monoisotopic (exact) mass is 518 g/mol. The van der Waals surface area contributed by atoms with Gasteiger partial charge in [-0.3, -0.25) is 9.59 Å². The molecular formula is C27H23BrN2O4. The Morgan fingerprint density at radius 2 is 1.56 bits per heavy atom. The molecule has 172 valence electrons. The van der Waals surface area contributed by atoms with Crippen molar-refractivity contribution in [2.24, 2.45) is 7.05 Å². The number of ether oxygens (including phenoxy) is 1. The van der Waals surface area contributed by atoms with Crippen LogP contribution in [0.5, 0.6) is 0 Å². The zero-order chi connectivity index (χ0) is 24.4. The van der Waals surface area contributed by atoms with Gasteiger partial charge in [0.15, 0.2) is 6.10 Å². The van der Waals surface area contributed by atoms with Crippen LogP contribution in [0.4, 0.5) is 5.69 Å². The molecule has 6 nitrogen and oxygen atoms in total. The summed E-state index contributed by atoms with van der Waals surface area (Å²) >= 11 is 3.35. The lowest BCUT2D eigenvalue weighted by Crippen LogP contribution is -2.32. The van der Waals surface area contributed by atoms with Crippen LogP contribution in [0.25, 0.3) is 21.9 Å². The van der Waals surface area contributed by atoms with Crippen molar-refractivity contribution in [1.82, 2.24) is 4.57 Å². The van der Waals surface area contributed by atoms with Crippen LogP contribution in [-0.2, 0) is 16.6 Å². The van der Waals surface area contributed by atoms with Gasteiger partial charge < -0.3 is 14.6 Å². The van der Waals surface area contributed by atoms with Crippen molar-refractivity contribution in [3.05, 3.63) is 98.9 Å². The predicted octanol–water partition coefficient (Wildman–Crippen LogP) is 5.46. The van der Waals surface area contributed by atoms with Crippen molar-refractivity contribution in [1.29, 1.82) is 0 Å². The average Bonchev–Trinajstić information content (AvgIpc) is 2.83. The fourth-order valence-corrected chi connectivity index (χ4v) is 4.03. The summed E-state index contributed by atoms with van der Waals surface area (Å²) < 4.78 is 7.72. The first-order valence-corrected chi connectivity index (χ1v) is 11.5. The Bertz CT molecular complexity index is 1440. The van der Waals surface area contributed by atoms with Crippen LogP contribution in [0.2, 0.25) is 0 Å². The number of halogens is 1. The maximum atomic E-state index is 13.4. The summed E-state index contributed by atoms with van der Waals surface area (Å²) in [7, 11) is 1.54. The molecule has 0 aliphatic heterocycles. The van der Waals surface area contributed by atoms with Crippen LogP contribution >= 0.6 is 15.9 Å². The minimum Gasteiger partial charge on any atom is -0.448 e. The van der Waals surface area contributed by atoms with Gasteiger partial charge in [0.05, 0.1) is 0 Å². The number of rotatable bonds is 5. The topological polar surface area (TPSA) is 77.4 Å². The highest BCUT2D eigenvalue weighted by Gasteiger charge is 2.26. The molecule has 0 spiro atoms. The van der Waals surface area contributed by atoms with Gasteiger partial charge in [-0.1, -0.05) is 64.0 Å². The Hall–Kier alpha value is -3.71. The van der Waals surface area contributed by atoms with E-state index in [1.54, 1.807) is 36.4 Å². The summed E-state index contributed by atoms with van der Waals surface area (Å²) in [6.07, 6.45) is -1.08.